The summed E-state index contributed by atoms with van der Waals surface area (Å²) in [6.07, 6.45) is 3.33. The molecule has 0 aliphatic rings. The zero-order chi connectivity index (χ0) is 15.9. The summed E-state index contributed by atoms with van der Waals surface area (Å²) < 4.78 is 0. The Bertz CT molecular complexity index is 661. The lowest BCUT2D eigenvalue weighted by molar-refractivity contribution is -0.133. The third-order valence-corrected chi connectivity index (χ3v) is 3.35. The largest absolute Gasteiger partial charge is 0.329 e. The first-order chi connectivity index (χ1) is 10.6. The van der Waals surface area contributed by atoms with Crippen molar-refractivity contribution in [2.24, 2.45) is 0 Å². The van der Waals surface area contributed by atoms with Crippen LogP contribution in [0.5, 0.6) is 0 Å². The maximum Gasteiger partial charge on any atom is 0.244 e. The Morgan fingerprint density at radius 3 is 2.64 bits per heavy atom. The number of hydrogen-bond donors (Lipinski definition) is 1. The highest BCUT2D eigenvalue weighted by molar-refractivity contribution is 6.33. The van der Waals surface area contributed by atoms with E-state index in [-0.39, 0.29) is 18.4 Å². The second-order valence-electron chi connectivity index (χ2n) is 4.76. The minimum atomic E-state index is -0.299. The summed E-state index contributed by atoms with van der Waals surface area (Å²) in [4.78, 5) is 29.2. The number of nitrogens with zero attached hydrogens (tertiary/aromatic N) is 2. The zero-order valence-electron chi connectivity index (χ0n) is 12.1. The van der Waals surface area contributed by atoms with E-state index in [0.29, 0.717) is 17.3 Å². The van der Waals surface area contributed by atoms with Gasteiger partial charge in [-0.15, -0.1) is 0 Å². The molecular weight excluding hydrogens is 302 g/mol. The van der Waals surface area contributed by atoms with Crippen LogP contribution >= 0.6 is 11.6 Å². The third kappa shape index (κ3) is 4.56. The minimum Gasteiger partial charge on any atom is -0.329 e. The zero-order valence-corrected chi connectivity index (χ0v) is 12.9. The molecule has 2 amide bonds. The number of nitrogens with one attached hydrogen (secondary N) is 1. The number of anilines is 1. The Balaban J connectivity index is 2.00. The van der Waals surface area contributed by atoms with Crippen molar-refractivity contribution in [1.29, 1.82) is 0 Å². The van der Waals surface area contributed by atoms with Crippen molar-refractivity contribution in [3.05, 3.63) is 59.4 Å². The monoisotopic (exact) mass is 317 g/mol. The first kappa shape index (κ1) is 16.0. The number of pyridine rings is 1. The van der Waals surface area contributed by atoms with Crippen molar-refractivity contribution >= 4 is 29.1 Å². The van der Waals surface area contributed by atoms with E-state index in [0.717, 1.165) is 5.56 Å². The molecule has 1 aromatic heterocycles. The summed E-state index contributed by atoms with van der Waals surface area (Å²) >= 11 is 5.99. The van der Waals surface area contributed by atoms with Crippen molar-refractivity contribution in [2.45, 2.75) is 13.5 Å². The van der Waals surface area contributed by atoms with Crippen LogP contribution in [0, 0.1) is 0 Å². The van der Waals surface area contributed by atoms with Gasteiger partial charge in [-0.25, -0.2) is 0 Å². The SMILES string of the molecule is CC(=O)N(CC(=O)Nc1ccccc1Cl)Cc1cccnc1. The quantitative estimate of drug-likeness (QED) is 0.922. The van der Waals surface area contributed by atoms with Crippen LogP contribution in [0.25, 0.3) is 0 Å². The van der Waals surface area contributed by atoms with Gasteiger partial charge >= 0.3 is 0 Å². The number of rotatable bonds is 5. The maximum absolute atomic E-state index is 12.1. The van der Waals surface area contributed by atoms with Gasteiger partial charge in [0, 0.05) is 25.9 Å². The van der Waals surface area contributed by atoms with Crippen LogP contribution in [0.2, 0.25) is 5.02 Å². The molecule has 0 spiro atoms. The number of benzene rings is 1. The van der Waals surface area contributed by atoms with E-state index in [1.54, 1.807) is 42.7 Å². The number of aromatic nitrogens is 1. The lowest BCUT2D eigenvalue weighted by Crippen LogP contribution is -2.36. The molecule has 6 heteroatoms. The van der Waals surface area contributed by atoms with Gasteiger partial charge in [0.25, 0.3) is 0 Å². The normalized spacial score (nSPS) is 10.1. The summed E-state index contributed by atoms with van der Waals surface area (Å²) in [5.41, 5.74) is 1.39. The van der Waals surface area contributed by atoms with Crippen LogP contribution in [-0.2, 0) is 16.1 Å². The summed E-state index contributed by atoms with van der Waals surface area (Å²) in [5.74, 6) is -0.481. The molecule has 0 atom stereocenters. The number of carbonyl (C=O) groups excluding carboxylic acids is 2. The second kappa shape index (κ2) is 7.56. The average Bonchev–Trinajstić information content (AvgIpc) is 2.50. The van der Waals surface area contributed by atoms with Gasteiger partial charge in [0.2, 0.25) is 11.8 Å². The van der Waals surface area contributed by atoms with E-state index in [1.807, 2.05) is 6.07 Å². The molecule has 0 saturated carbocycles. The van der Waals surface area contributed by atoms with Gasteiger partial charge in [0.1, 0.15) is 6.54 Å². The van der Waals surface area contributed by atoms with Crippen molar-refractivity contribution in [1.82, 2.24) is 9.88 Å². The standard InChI is InChI=1S/C16H16ClN3O2/c1-12(21)20(10-13-5-4-8-18-9-13)11-16(22)19-15-7-3-2-6-14(15)17/h2-9H,10-11H2,1H3,(H,19,22). The molecule has 0 unspecified atom stereocenters. The molecule has 1 heterocycles. The molecule has 114 valence electrons. The first-order valence-corrected chi connectivity index (χ1v) is 7.13. The lowest BCUT2D eigenvalue weighted by Gasteiger charge is -2.20. The van der Waals surface area contributed by atoms with Gasteiger partial charge in [-0.05, 0) is 23.8 Å². The smallest absolute Gasteiger partial charge is 0.244 e. The van der Waals surface area contributed by atoms with Crippen LogP contribution in [0.3, 0.4) is 0 Å². The van der Waals surface area contributed by atoms with E-state index < -0.39 is 0 Å². The van der Waals surface area contributed by atoms with E-state index in [2.05, 4.69) is 10.3 Å². The molecular formula is C16H16ClN3O2. The van der Waals surface area contributed by atoms with Crippen molar-refractivity contribution < 1.29 is 9.59 Å². The highest BCUT2D eigenvalue weighted by Gasteiger charge is 2.15. The molecule has 22 heavy (non-hydrogen) atoms. The molecule has 0 saturated heterocycles. The Morgan fingerprint density at radius 1 is 1.23 bits per heavy atom. The fraction of sp³-hybridized carbons (Fsp3) is 0.188. The van der Waals surface area contributed by atoms with Crippen molar-refractivity contribution in [2.75, 3.05) is 11.9 Å². The second-order valence-corrected chi connectivity index (χ2v) is 5.17. The number of halogens is 1. The third-order valence-electron chi connectivity index (χ3n) is 3.02. The summed E-state index contributed by atoms with van der Waals surface area (Å²) in [6.45, 7) is 1.72. The lowest BCUT2D eigenvalue weighted by atomic mass is 10.2. The Morgan fingerprint density at radius 2 is 2.00 bits per heavy atom. The fourth-order valence-electron chi connectivity index (χ4n) is 1.92. The van der Waals surface area contributed by atoms with Gasteiger partial charge in [-0.1, -0.05) is 29.8 Å². The van der Waals surface area contributed by atoms with Crippen LogP contribution in [0.4, 0.5) is 5.69 Å². The number of para-hydroxylation sites is 1. The maximum atomic E-state index is 12.1. The van der Waals surface area contributed by atoms with Gasteiger partial charge in [0.05, 0.1) is 10.7 Å². The molecule has 0 bridgehead atoms. The summed E-state index contributed by atoms with van der Waals surface area (Å²) in [6, 6.07) is 10.6. The van der Waals surface area contributed by atoms with E-state index in [1.165, 1.54) is 11.8 Å². The van der Waals surface area contributed by atoms with E-state index in [9.17, 15) is 9.59 Å². The van der Waals surface area contributed by atoms with Gasteiger partial charge < -0.3 is 10.2 Å². The molecule has 5 nitrogen and oxygen atoms in total. The fourth-order valence-corrected chi connectivity index (χ4v) is 2.10. The van der Waals surface area contributed by atoms with Crippen molar-refractivity contribution in [3.8, 4) is 0 Å². The Kier molecular flexibility index (Phi) is 5.49. The number of hydrogen-bond acceptors (Lipinski definition) is 3. The predicted molar refractivity (Wildman–Crippen MR) is 85.4 cm³/mol. The number of amides is 2. The highest BCUT2D eigenvalue weighted by atomic mass is 35.5. The molecule has 2 aromatic rings. The first-order valence-electron chi connectivity index (χ1n) is 6.75. The average molecular weight is 318 g/mol. The molecule has 2 rings (SSSR count). The minimum absolute atomic E-state index is 0.0462. The molecule has 0 radical (unpaired) electrons. The van der Waals surface area contributed by atoms with Crippen LogP contribution in [0.1, 0.15) is 12.5 Å². The van der Waals surface area contributed by atoms with Crippen molar-refractivity contribution in [3.63, 3.8) is 0 Å². The molecule has 1 aromatic carbocycles. The summed E-state index contributed by atoms with van der Waals surface area (Å²) in [5, 5.41) is 3.16. The topological polar surface area (TPSA) is 62.3 Å². The van der Waals surface area contributed by atoms with E-state index in [4.69, 9.17) is 11.6 Å². The predicted octanol–water partition coefficient (Wildman–Crippen LogP) is 2.72. The van der Waals surface area contributed by atoms with Crippen LogP contribution < -0.4 is 5.32 Å². The molecule has 1 N–H and O–H groups in total. The van der Waals surface area contributed by atoms with Gasteiger partial charge in [0.15, 0.2) is 0 Å². The van der Waals surface area contributed by atoms with Crippen LogP contribution in [-0.4, -0.2) is 28.2 Å². The van der Waals surface area contributed by atoms with Gasteiger partial charge in [-0.3, -0.25) is 14.6 Å². The van der Waals surface area contributed by atoms with E-state index >= 15 is 0 Å². The molecule has 0 fully saturated rings. The van der Waals surface area contributed by atoms with Crippen LogP contribution in [0.15, 0.2) is 48.8 Å². The highest BCUT2D eigenvalue weighted by Crippen LogP contribution is 2.20. The molecule has 0 aliphatic carbocycles. The van der Waals surface area contributed by atoms with Gasteiger partial charge in [-0.2, -0.15) is 0 Å². The number of carbonyl (C=O) groups is 2. The molecule has 0 aliphatic heterocycles. The summed E-state index contributed by atoms with van der Waals surface area (Å²) in [7, 11) is 0. The Labute approximate surface area is 133 Å². The Hall–Kier alpha value is -2.40.